The number of nitrogens with one attached hydrogen (secondary N) is 1. The van der Waals surface area contributed by atoms with E-state index < -0.39 is 17.7 Å². The Hall–Kier alpha value is -3.53. The number of benzene rings is 1. The van der Waals surface area contributed by atoms with Crippen molar-refractivity contribution in [3.63, 3.8) is 0 Å². The molecule has 1 aliphatic heterocycles. The van der Waals surface area contributed by atoms with Gasteiger partial charge < -0.3 is 20.1 Å². The average molecular weight is 455 g/mol. The van der Waals surface area contributed by atoms with Gasteiger partial charge in [-0.2, -0.15) is 5.10 Å². The van der Waals surface area contributed by atoms with Crippen molar-refractivity contribution in [3.05, 3.63) is 53.5 Å². The summed E-state index contributed by atoms with van der Waals surface area (Å²) in [7, 11) is 0. The maximum Gasteiger partial charge on any atom is 0.261 e. The number of fused-ring (bicyclic) bond motifs is 2. The van der Waals surface area contributed by atoms with E-state index in [0.717, 1.165) is 0 Å². The number of alkyl halides is 1. The van der Waals surface area contributed by atoms with Crippen LogP contribution >= 0.6 is 0 Å². The van der Waals surface area contributed by atoms with Crippen LogP contribution in [0.3, 0.4) is 0 Å². The van der Waals surface area contributed by atoms with Gasteiger partial charge in [0.05, 0.1) is 30.1 Å². The molecule has 0 aliphatic carbocycles. The number of aromatic nitrogens is 3. The fourth-order valence-corrected chi connectivity index (χ4v) is 3.59. The minimum atomic E-state index is -1.61. The van der Waals surface area contributed by atoms with Gasteiger partial charge in [-0.1, -0.05) is 0 Å². The van der Waals surface area contributed by atoms with Crippen LogP contribution in [-0.2, 0) is 6.54 Å². The van der Waals surface area contributed by atoms with E-state index >= 15 is 0 Å². The number of hydrogen-bond donors (Lipinski definition) is 2. The van der Waals surface area contributed by atoms with E-state index in [1.165, 1.54) is 29.5 Å². The molecule has 9 nitrogen and oxygen atoms in total. The summed E-state index contributed by atoms with van der Waals surface area (Å²) in [6, 6.07) is 4.94. The molecule has 2 amide bonds. The van der Waals surface area contributed by atoms with Gasteiger partial charge in [0.2, 0.25) is 0 Å². The Labute approximate surface area is 190 Å². The highest BCUT2D eigenvalue weighted by Crippen LogP contribution is 2.35. The highest BCUT2D eigenvalue weighted by atomic mass is 19.1. The molecule has 1 aromatic carbocycles. The molecule has 0 spiro atoms. The van der Waals surface area contributed by atoms with Crippen LogP contribution in [0.1, 0.15) is 54.0 Å². The first kappa shape index (κ1) is 22.7. The van der Waals surface area contributed by atoms with Crippen LogP contribution in [0, 0.1) is 0 Å². The Morgan fingerprint density at radius 3 is 2.82 bits per heavy atom. The summed E-state index contributed by atoms with van der Waals surface area (Å²) in [6.07, 6.45) is 2.87. The molecule has 0 fully saturated rings. The number of rotatable bonds is 7. The Bertz CT molecular complexity index is 1220. The summed E-state index contributed by atoms with van der Waals surface area (Å²) >= 11 is 0. The molecule has 2 aromatic heterocycles. The molecule has 10 heteroatoms. The Morgan fingerprint density at radius 1 is 1.36 bits per heavy atom. The molecule has 0 radical (unpaired) electrons. The van der Waals surface area contributed by atoms with Crippen molar-refractivity contribution in [3.8, 4) is 5.75 Å². The number of carbonyl (C=O) groups excluding carboxylic acids is 2. The Balaban J connectivity index is 1.64. The van der Waals surface area contributed by atoms with Gasteiger partial charge in [-0.3, -0.25) is 9.59 Å². The molecular formula is C23H26FN5O4. The highest BCUT2D eigenvalue weighted by Gasteiger charge is 2.35. The third kappa shape index (κ3) is 4.51. The predicted molar refractivity (Wildman–Crippen MR) is 119 cm³/mol. The van der Waals surface area contributed by atoms with Gasteiger partial charge >= 0.3 is 0 Å². The van der Waals surface area contributed by atoms with Crippen molar-refractivity contribution in [2.75, 3.05) is 11.9 Å². The highest BCUT2D eigenvalue weighted by molar-refractivity contribution is 6.09. The maximum absolute atomic E-state index is 14.4. The summed E-state index contributed by atoms with van der Waals surface area (Å²) in [5.74, 6) is -0.449. The van der Waals surface area contributed by atoms with Gasteiger partial charge in [0, 0.05) is 24.5 Å². The third-order valence-corrected chi connectivity index (χ3v) is 5.37. The molecular weight excluding hydrogens is 429 g/mol. The van der Waals surface area contributed by atoms with Gasteiger partial charge in [0.1, 0.15) is 17.5 Å². The van der Waals surface area contributed by atoms with Crippen LogP contribution < -0.4 is 10.1 Å². The zero-order chi connectivity index (χ0) is 23.9. The van der Waals surface area contributed by atoms with Crippen molar-refractivity contribution in [2.24, 2.45) is 0 Å². The predicted octanol–water partition coefficient (Wildman–Crippen LogP) is 2.83. The number of anilines is 1. The van der Waals surface area contributed by atoms with Crippen molar-refractivity contribution >= 4 is 23.1 Å². The Kier molecular flexibility index (Phi) is 5.79. The zero-order valence-electron chi connectivity index (χ0n) is 18.9. The van der Waals surface area contributed by atoms with E-state index in [0.29, 0.717) is 28.2 Å². The first-order chi connectivity index (χ1) is 15.5. The second kappa shape index (κ2) is 8.43. The van der Waals surface area contributed by atoms with E-state index in [-0.39, 0.29) is 30.7 Å². The lowest BCUT2D eigenvalue weighted by molar-refractivity contribution is -0.0159. The monoisotopic (exact) mass is 455 g/mol. The molecule has 0 bridgehead atoms. The number of hydrogen-bond acceptors (Lipinski definition) is 6. The maximum atomic E-state index is 14.4. The molecule has 4 rings (SSSR count). The number of aliphatic hydroxyl groups is 1. The smallest absolute Gasteiger partial charge is 0.261 e. The number of halogens is 1. The topological polar surface area (TPSA) is 109 Å². The van der Waals surface area contributed by atoms with Gasteiger partial charge in [0.15, 0.2) is 5.65 Å². The largest absolute Gasteiger partial charge is 0.489 e. The van der Waals surface area contributed by atoms with E-state index in [4.69, 9.17) is 4.74 Å². The first-order valence-corrected chi connectivity index (χ1v) is 10.6. The SMILES string of the molecule is CC(C)Oc1cc2c(cc1NC(=O)c1cnn3cccnc13)CN(CC(F)C(C)(C)O)C2=O. The number of ether oxygens (including phenoxy) is 1. The molecule has 33 heavy (non-hydrogen) atoms. The van der Waals surface area contributed by atoms with Crippen LogP contribution in [0.5, 0.6) is 5.75 Å². The summed E-state index contributed by atoms with van der Waals surface area (Å²) < 4.78 is 21.8. The van der Waals surface area contributed by atoms with Crippen LogP contribution in [0.4, 0.5) is 10.1 Å². The number of nitrogens with zero attached hydrogens (tertiary/aromatic N) is 4. The summed E-state index contributed by atoms with van der Waals surface area (Å²) in [4.78, 5) is 31.4. The van der Waals surface area contributed by atoms with Crippen molar-refractivity contribution in [1.29, 1.82) is 0 Å². The van der Waals surface area contributed by atoms with Crippen molar-refractivity contribution in [1.82, 2.24) is 19.5 Å². The van der Waals surface area contributed by atoms with E-state index in [1.54, 1.807) is 30.6 Å². The third-order valence-electron chi connectivity index (χ3n) is 5.37. The molecule has 1 aliphatic rings. The standard InChI is InChI=1S/C23H26FN5O4/c1-13(2)33-18-9-15-14(11-28(22(15)31)12-19(24)23(3,4)32)8-17(18)27-21(30)16-10-26-29-7-5-6-25-20(16)29/h5-10,13,19,32H,11-12H2,1-4H3,(H,27,30). The van der Waals surface area contributed by atoms with Crippen molar-refractivity contribution < 1.29 is 23.8 Å². The quantitative estimate of drug-likeness (QED) is 0.567. The summed E-state index contributed by atoms with van der Waals surface area (Å²) in [6.45, 7) is 6.31. The molecule has 0 saturated heterocycles. The minimum Gasteiger partial charge on any atom is -0.489 e. The van der Waals surface area contributed by atoms with Crippen LogP contribution in [0.2, 0.25) is 0 Å². The van der Waals surface area contributed by atoms with Crippen molar-refractivity contribution in [2.45, 2.75) is 52.1 Å². The number of amides is 2. The van der Waals surface area contributed by atoms with E-state index in [9.17, 15) is 19.1 Å². The molecule has 1 atom stereocenters. The first-order valence-electron chi connectivity index (χ1n) is 10.6. The summed E-state index contributed by atoms with van der Waals surface area (Å²) in [5.41, 5.74) is 0.523. The lowest BCUT2D eigenvalue weighted by Gasteiger charge is -2.26. The fourth-order valence-electron chi connectivity index (χ4n) is 3.59. The second-order valence-electron chi connectivity index (χ2n) is 8.88. The fraction of sp³-hybridized carbons (Fsp3) is 0.391. The number of carbonyl (C=O) groups is 2. The van der Waals surface area contributed by atoms with Crippen LogP contribution in [0.15, 0.2) is 36.8 Å². The molecule has 1 unspecified atom stereocenters. The summed E-state index contributed by atoms with van der Waals surface area (Å²) in [5, 5.41) is 16.9. The molecule has 174 valence electrons. The van der Waals surface area contributed by atoms with Gasteiger partial charge in [0.25, 0.3) is 11.8 Å². The molecule has 3 heterocycles. The lowest BCUT2D eigenvalue weighted by Crippen LogP contribution is -2.42. The van der Waals surface area contributed by atoms with Crippen LogP contribution in [-0.4, -0.2) is 60.8 Å². The van der Waals surface area contributed by atoms with Gasteiger partial charge in [-0.15, -0.1) is 0 Å². The molecule has 0 saturated carbocycles. The molecule has 3 aromatic rings. The van der Waals surface area contributed by atoms with Crippen LogP contribution in [0.25, 0.3) is 5.65 Å². The van der Waals surface area contributed by atoms with E-state index in [1.807, 2.05) is 13.8 Å². The van der Waals surface area contributed by atoms with E-state index in [2.05, 4.69) is 15.4 Å². The lowest BCUT2D eigenvalue weighted by atomic mass is 10.0. The van der Waals surface area contributed by atoms with Gasteiger partial charge in [-0.05, 0) is 51.5 Å². The minimum absolute atomic E-state index is 0.160. The van der Waals surface area contributed by atoms with Gasteiger partial charge in [-0.25, -0.2) is 13.9 Å². The molecule has 2 N–H and O–H groups in total. The average Bonchev–Trinajstić information content (AvgIpc) is 3.29. The Morgan fingerprint density at radius 2 is 2.12 bits per heavy atom. The zero-order valence-corrected chi connectivity index (χ0v) is 18.9. The normalized spacial score (nSPS) is 14.6. The second-order valence-corrected chi connectivity index (χ2v) is 8.88.